The van der Waals surface area contributed by atoms with E-state index in [2.05, 4.69) is 19.9 Å². The van der Waals surface area contributed by atoms with Crippen molar-refractivity contribution in [1.29, 1.82) is 10.5 Å². The van der Waals surface area contributed by atoms with Crippen LogP contribution in [0.25, 0.3) is 0 Å². The van der Waals surface area contributed by atoms with E-state index in [1.165, 1.54) is 18.6 Å². The van der Waals surface area contributed by atoms with Gasteiger partial charge in [0.1, 0.15) is 17.7 Å². The summed E-state index contributed by atoms with van der Waals surface area (Å²) in [7, 11) is 0. The van der Waals surface area contributed by atoms with E-state index in [1.54, 1.807) is 6.20 Å². The van der Waals surface area contributed by atoms with E-state index < -0.39 is 11.4 Å². The lowest BCUT2D eigenvalue weighted by molar-refractivity contribution is -0.245. The standard InChI is InChI=1S/C12H11N3O3.C11H18O3.C6H5N3/c13-1-8-2-15-9(3-14-8)18-7-11-4-12(5-11,6-11)10(16)17;1-9(2,3)14-8(13)11-4-10(5-11,6-11)7-12;1-5-3-9-6(2-7)4-8-5/h2-3H,4-7H2,(H,16,17);12H,4-7H2,1-3H3;3-4H,1H3. The van der Waals surface area contributed by atoms with Crippen LogP contribution in [0.15, 0.2) is 24.8 Å². The second-order valence-electron chi connectivity index (χ2n) is 12.9. The maximum absolute atomic E-state index is 11.8. The number of carbonyl (C=O) groups excluding carboxylic acids is 1. The molecule has 2 aromatic heterocycles. The molecule has 0 amide bonds. The highest BCUT2D eigenvalue weighted by Gasteiger charge is 2.73. The molecule has 6 aliphatic carbocycles. The van der Waals surface area contributed by atoms with Crippen molar-refractivity contribution in [3.8, 4) is 18.0 Å². The zero-order chi connectivity index (χ0) is 30.1. The summed E-state index contributed by atoms with van der Waals surface area (Å²) < 4.78 is 10.9. The number of aliphatic hydroxyl groups excluding tert-OH is 1. The number of hydrogen-bond donors (Lipinski definition) is 2. The van der Waals surface area contributed by atoms with Gasteiger partial charge in [0.25, 0.3) is 0 Å². The van der Waals surface area contributed by atoms with Crippen molar-refractivity contribution in [2.75, 3.05) is 13.2 Å². The molecule has 2 heterocycles. The maximum Gasteiger partial charge on any atom is 0.312 e. The normalized spacial score (nSPS) is 29.3. The molecule has 2 N–H and O–H groups in total. The van der Waals surface area contributed by atoms with Crippen LogP contribution in [0.5, 0.6) is 5.88 Å². The van der Waals surface area contributed by atoms with E-state index in [9.17, 15) is 9.59 Å². The van der Waals surface area contributed by atoms with Crippen LogP contribution in [-0.2, 0) is 14.3 Å². The molecule has 6 aliphatic rings. The number of carboxylic acids is 1. The Morgan fingerprint density at radius 2 is 1.41 bits per heavy atom. The summed E-state index contributed by atoms with van der Waals surface area (Å²) in [5.74, 6) is -0.383. The van der Waals surface area contributed by atoms with Crippen LogP contribution in [-0.4, -0.2) is 60.9 Å². The Morgan fingerprint density at radius 1 is 0.878 bits per heavy atom. The van der Waals surface area contributed by atoms with Crippen LogP contribution in [0.3, 0.4) is 0 Å². The average molecular weight is 563 g/mol. The predicted molar refractivity (Wildman–Crippen MR) is 142 cm³/mol. The Kier molecular flexibility index (Phi) is 7.76. The smallest absolute Gasteiger partial charge is 0.312 e. The Labute approximate surface area is 238 Å². The summed E-state index contributed by atoms with van der Waals surface area (Å²) in [6, 6.07) is 3.76. The number of nitrogens with zero attached hydrogens (tertiary/aromatic N) is 6. The number of esters is 1. The van der Waals surface area contributed by atoms with Gasteiger partial charge in [0.15, 0.2) is 11.4 Å². The van der Waals surface area contributed by atoms with Gasteiger partial charge in [-0.05, 0) is 71.6 Å². The van der Waals surface area contributed by atoms with Gasteiger partial charge in [-0.1, -0.05) is 0 Å². The van der Waals surface area contributed by atoms with Gasteiger partial charge in [0.05, 0.1) is 41.7 Å². The largest absolute Gasteiger partial charge is 0.481 e. The van der Waals surface area contributed by atoms with E-state index in [0.717, 1.165) is 25.0 Å². The Bertz CT molecular complexity index is 1350. The Hall–Kier alpha value is -4.16. The van der Waals surface area contributed by atoms with Gasteiger partial charge in [-0.25, -0.2) is 15.0 Å². The third-order valence-electron chi connectivity index (χ3n) is 8.07. The summed E-state index contributed by atoms with van der Waals surface area (Å²) in [6.07, 6.45) is 10.3. The van der Waals surface area contributed by atoms with Crippen LogP contribution in [0.4, 0.5) is 0 Å². The quantitative estimate of drug-likeness (QED) is 0.489. The molecule has 0 aliphatic heterocycles. The number of rotatable bonds is 6. The first-order valence-corrected chi connectivity index (χ1v) is 13.3. The molecule has 216 valence electrons. The number of aromatic nitrogens is 4. The van der Waals surface area contributed by atoms with Gasteiger partial charge in [0, 0.05) is 18.2 Å². The highest BCUT2D eigenvalue weighted by molar-refractivity contribution is 5.81. The number of ether oxygens (including phenoxy) is 2. The third-order valence-corrected chi connectivity index (χ3v) is 8.07. The summed E-state index contributed by atoms with van der Waals surface area (Å²) in [4.78, 5) is 38.1. The zero-order valence-corrected chi connectivity index (χ0v) is 23.7. The van der Waals surface area contributed by atoms with E-state index in [0.29, 0.717) is 37.4 Å². The number of carbonyl (C=O) groups is 2. The summed E-state index contributed by atoms with van der Waals surface area (Å²) in [6.45, 7) is 8.18. The zero-order valence-electron chi connectivity index (χ0n) is 23.7. The van der Waals surface area contributed by atoms with Crippen LogP contribution < -0.4 is 4.74 Å². The number of nitriles is 2. The predicted octanol–water partition coefficient (Wildman–Crippen LogP) is 3.13. The molecule has 6 saturated carbocycles. The lowest BCUT2D eigenvalue weighted by Crippen LogP contribution is -2.67. The number of aliphatic carboxylic acids is 1. The van der Waals surface area contributed by atoms with Crippen LogP contribution in [0, 0.1) is 51.2 Å². The van der Waals surface area contributed by atoms with E-state index in [-0.39, 0.29) is 40.1 Å². The van der Waals surface area contributed by atoms with Crippen LogP contribution >= 0.6 is 0 Å². The molecule has 0 aromatic carbocycles. The first-order chi connectivity index (χ1) is 19.2. The Balaban J connectivity index is 0.000000150. The van der Waals surface area contributed by atoms with Crippen LogP contribution in [0.1, 0.15) is 76.4 Å². The minimum absolute atomic E-state index is 0.0218. The monoisotopic (exact) mass is 562 g/mol. The molecule has 2 aromatic rings. The molecule has 0 saturated heterocycles. The summed E-state index contributed by atoms with van der Waals surface area (Å²) in [5, 5.41) is 34.9. The van der Waals surface area contributed by atoms with Crippen LogP contribution in [0.2, 0.25) is 0 Å². The molecule has 8 rings (SSSR count). The second-order valence-corrected chi connectivity index (χ2v) is 12.9. The first-order valence-electron chi connectivity index (χ1n) is 13.3. The van der Waals surface area contributed by atoms with E-state index in [1.807, 2.05) is 39.8 Å². The molecule has 41 heavy (non-hydrogen) atoms. The summed E-state index contributed by atoms with van der Waals surface area (Å²) in [5.41, 5.74) is 0.451. The minimum Gasteiger partial charge on any atom is -0.481 e. The summed E-state index contributed by atoms with van der Waals surface area (Å²) >= 11 is 0. The fraction of sp³-hybridized carbons (Fsp3) is 0.586. The van der Waals surface area contributed by atoms with Gasteiger partial charge in [-0.3, -0.25) is 14.6 Å². The van der Waals surface area contributed by atoms with E-state index >= 15 is 0 Å². The van der Waals surface area contributed by atoms with Crippen molar-refractivity contribution in [2.45, 2.75) is 71.8 Å². The number of aliphatic hydroxyl groups is 1. The van der Waals surface area contributed by atoms with Crippen molar-refractivity contribution in [3.63, 3.8) is 0 Å². The lowest BCUT2D eigenvalue weighted by Gasteiger charge is -2.68. The number of carboxylic acid groups (broad SMARTS) is 1. The van der Waals surface area contributed by atoms with E-state index in [4.69, 9.17) is 30.2 Å². The van der Waals surface area contributed by atoms with Gasteiger partial charge in [-0.2, -0.15) is 10.5 Å². The fourth-order valence-electron chi connectivity index (χ4n) is 6.27. The van der Waals surface area contributed by atoms with Crippen molar-refractivity contribution in [3.05, 3.63) is 41.9 Å². The Morgan fingerprint density at radius 3 is 1.83 bits per heavy atom. The molecule has 6 fully saturated rings. The minimum atomic E-state index is -0.692. The number of hydrogen-bond acceptors (Lipinski definition) is 11. The second kappa shape index (κ2) is 10.7. The fourth-order valence-corrected chi connectivity index (χ4v) is 6.27. The van der Waals surface area contributed by atoms with Crippen molar-refractivity contribution >= 4 is 11.9 Å². The molecular weight excluding hydrogens is 528 g/mol. The third kappa shape index (κ3) is 6.13. The molecule has 12 nitrogen and oxygen atoms in total. The number of aryl methyl sites for hydroxylation is 1. The molecule has 4 bridgehead atoms. The maximum atomic E-state index is 11.8. The molecule has 0 spiro atoms. The average Bonchev–Trinajstić information content (AvgIpc) is 2.81. The topological polar surface area (TPSA) is 192 Å². The lowest BCUT2D eigenvalue weighted by atomic mass is 9.35. The van der Waals surface area contributed by atoms with Gasteiger partial charge < -0.3 is 19.7 Å². The molecular formula is C29H34N6O6. The van der Waals surface area contributed by atoms with Gasteiger partial charge in [0.2, 0.25) is 5.88 Å². The van der Waals surface area contributed by atoms with Crippen molar-refractivity contribution in [2.24, 2.45) is 21.7 Å². The molecule has 12 heteroatoms. The van der Waals surface area contributed by atoms with Crippen molar-refractivity contribution in [1.82, 2.24) is 19.9 Å². The SMILES string of the molecule is CC(C)(C)OC(=O)C12CC(CO)(C1)C2.Cc1cnc(C#N)cn1.N#Cc1cnc(OCC23CC(C(=O)O)(C2)C3)cn1. The molecule has 0 atom stereocenters. The molecule has 0 unspecified atom stereocenters. The highest BCUT2D eigenvalue weighted by atomic mass is 16.6. The first kappa shape index (κ1) is 29.8. The highest BCUT2D eigenvalue weighted by Crippen LogP contribution is 2.74. The molecule has 0 radical (unpaired) electrons. The van der Waals surface area contributed by atoms with Gasteiger partial charge in [-0.15, -0.1) is 0 Å². The van der Waals surface area contributed by atoms with Crippen molar-refractivity contribution < 1.29 is 29.3 Å². The van der Waals surface area contributed by atoms with Gasteiger partial charge >= 0.3 is 11.9 Å².